The highest BCUT2D eigenvalue weighted by molar-refractivity contribution is 5.80. The highest BCUT2D eigenvalue weighted by Crippen LogP contribution is 2.11. The number of nitrogens with zero attached hydrogens (tertiary/aromatic N) is 3. The van der Waals surface area contributed by atoms with Crippen molar-refractivity contribution in [3.63, 3.8) is 0 Å². The van der Waals surface area contributed by atoms with Gasteiger partial charge >= 0.3 is 0 Å². The monoisotopic (exact) mass is 359 g/mol. The lowest BCUT2D eigenvalue weighted by molar-refractivity contribution is 0.125. The van der Waals surface area contributed by atoms with E-state index in [4.69, 9.17) is 4.99 Å². The highest BCUT2D eigenvalue weighted by atomic mass is 15.3. The average molecular weight is 360 g/mol. The number of guanidine groups is 1. The van der Waals surface area contributed by atoms with Gasteiger partial charge in [0.15, 0.2) is 5.96 Å². The molecular formula is C21H37N5. The molecule has 146 valence electrons. The fourth-order valence-corrected chi connectivity index (χ4v) is 3.38. The molecule has 0 spiro atoms. The van der Waals surface area contributed by atoms with E-state index in [1.807, 2.05) is 0 Å². The molecular weight excluding hydrogens is 322 g/mol. The van der Waals surface area contributed by atoms with Gasteiger partial charge in [-0.25, -0.2) is 0 Å². The Hall–Kier alpha value is -1.59. The van der Waals surface area contributed by atoms with E-state index in [0.717, 1.165) is 25.6 Å². The number of rotatable bonds is 8. The van der Waals surface area contributed by atoms with Crippen LogP contribution in [-0.2, 0) is 0 Å². The summed E-state index contributed by atoms with van der Waals surface area (Å²) in [5, 5.41) is 6.90. The SMILES string of the molecule is CCNC(=NCC(C)CN1CCN(CC)CC1)NC(C)c1ccccc1. The van der Waals surface area contributed by atoms with E-state index in [9.17, 15) is 0 Å². The number of aliphatic imine (C=N–C) groups is 1. The molecule has 0 bridgehead atoms. The molecule has 0 aromatic heterocycles. The van der Waals surface area contributed by atoms with Gasteiger partial charge in [-0.2, -0.15) is 0 Å². The third-order valence-corrected chi connectivity index (χ3v) is 5.04. The summed E-state index contributed by atoms with van der Waals surface area (Å²) < 4.78 is 0. The van der Waals surface area contributed by atoms with Crippen LogP contribution in [0.2, 0.25) is 0 Å². The third-order valence-electron chi connectivity index (χ3n) is 5.04. The van der Waals surface area contributed by atoms with Crippen LogP contribution in [-0.4, -0.2) is 68.1 Å². The molecule has 1 heterocycles. The van der Waals surface area contributed by atoms with Gasteiger partial charge in [0.05, 0.1) is 6.04 Å². The molecule has 0 amide bonds. The first kappa shape index (κ1) is 20.7. The zero-order valence-electron chi connectivity index (χ0n) is 17.0. The van der Waals surface area contributed by atoms with Crippen LogP contribution in [0.4, 0.5) is 0 Å². The van der Waals surface area contributed by atoms with E-state index in [0.29, 0.717) is 5.92 Å². The minimum atomic E-state index is 0.242. The first-order valence-corrected chi connectivity index (χ1v) is 10.2. The van der Waals surface area contributed by atoms with E-state index >= 15 is 0 Å². The van der Waals surface area contributed by atoms with Crippen molar-refractivity contribution in [2.24, 2.45) is 10.9 Å². The van der Waals surface area contributed by atoms with Crippen LogP contribution in [0.1, 0.15) is 39.3 Å². The number of likely N-dealkylation sites (N-methyl/N-ethyl adjacent to an activating group) is 1. The minimum absolute atomic E-state index is 0.242. The molecule has 2 unspecified atom stereocenters. The van der Waals surface area contributed by atoms with Gasteiger partial charge in [-0.1, -0.05) is 44.2 Å². The van der Waals surface area contributed by atoms with Crippen LogP contribution in [0.3, 0.4) is 0 Å². The van der Waals surface area contributed by atoms with Crippen molar-refractivity contribution >= 4 is 5.96 Å². The second-order valence-electron chi connectivity index (χ2n) is 7.34. The third kappa shape index (κ3) is 6.96. The molecule has 0 radical (unpaired) electrons. The molecule has 5 heteroatoms. The number of benzene rings is 1. The lowest BCUT2D eigenvalue weighted by Crippen LogP contribution is -2.47. The Balaban J connectivity index is 1.82. The molecule has 5 nitrogen and oxygen atoms in total. The second kappa shape index (κ2) is 11.2. The normalized spacial score (nSPS) is 19.2. The smallest absolute Gasteiger partial charge is 0.191 e. The summed E-state index contributed by atoms with van der Waals surface area (Å²) in [6, 6.07) is 10.8. The first-order valence-electron chi connectivity index (χ1n) is 10.2. The van der Waals surface area contributed by atoms with Gasteiger partial charge in [0.25, 0.3) is 0 Å². The molecule has 1 aromatic rings. The van der Waals surface area contributed by atoms with E-state index in [1.165, 1.54) is 38.3 Å². The Labute approximate surface area is 159 Å². The van der Waals surface area contributed by atoms with Crippen molar-refractivity contribution in [3.05, 3.63) is 35.9 Å². The Morgan fingerprint density at radius 3 is 2.31 bits per heavy atom. The number of piperazine rings is 1. The van der Waals surface area contributed by atoms with Gasteiger partial charge in [0.1, 0.15) is 0 Å². The fourth-order valence-electron chi connectivity index (χ4n) is 3.38. The predicted octanol–water partition coefficient (Wildman–Crippen LogP) is 2.58. The van der Waals surface area contributed by atoms with Crippen molar-refractivity contribution in [1.29, 1.82) is 0 Å². The maximum Gasteiger partial charge on any atom is 0.191 e. The van der Waals surface area contributed by atoms with Crippen molar-refractivity contribution in [2.45, 2.75) is 33.7 Å². The minimum Gasteiger partial charge on any atom is -0.357 e. The fraction of sp³-hybridized carbons (Fsp3) is 0.667. The molecule has 0 saturated carbocycles. The Bertz CT molecular complexity index is 522. The Morgan fingerprint density at radius 1 is 1.04 bits per heavy atom. The standard InChI is InChI=1S/C21H37N5/c1-5-22-21(24-19(4)20-10-8-7-9-11-20)23-16-18(3)17-26-14-12-25(6-2)13-15-26/h7-11,18-19H,5-6,12-17H2,1-4H3,(H2,22,23,24). The van der Waals surface area contributed by atoms with Crippen LogP contribution in [0.5, 0.6) is 0 Å². The van der Waals surface area contributed by atoms with Gasteiger partial charge in [-0.3, -0.25) is 4.99 Å². The molecule has 1 saturated heterocycles. The van der Waals surface area contributed by atoms with Gasteiger partial charge in [0.2, 0.25) is 0 Å². The van der Waals surface area contributed by atoms with Crippen LogP contribution < -0.4 is 10.6 Å². The largest absolute Gasteiger partial charge is 0.357 e. The summed E-state index contributed by atoms with van der Waals surface area (Å²) in [5.41, 5.74) is 1.28. The lowest BCUT2D eigenvalue weighted by Gasteiger charge is -2.35. The Morgan fingerprint density at radius 2 is 1.69 bits per heavy atom. The van der Waals surface area contributed by atoms with E-state index in [1.54, 1.807) is 0 Å². The molecule has 2 rings (SSSR count). The maximum atomic E-state index is 4.83. The number of nitrogens with one attached hydrogen (secondary N) is 2. The van der Waals surface area contributed by atoms with Crippen LogP contribution >= 0.6 is 0 Å². The molecule has 1 aliphatic rings. The predicted molar refractivity (Wildman–Crippen MR) is 112 cm³/mol. The molecule has 1 fully saturated rings. The van der Waals surface area contributed by atoms with Gasteiger partial charge in [-0.05, 0) is 31.9 Å². The van der Waals surface area contributed by atoms with Crippen LogP contribution in [0, 0.1) is 5.92 Å². The molecule has 2 N–H and O–H groups in total. The van der Waals surface area contributed by atoms with E-state index in [2.05, 4.69) is 78.5 Å². The Kier molecular flexibility index (Phi) is 8.92. The molecule has 2 atom stereocenters. The lowest BCUT2D eigenvalue weighted by atomic mass is 10.1. The number of hydrogen-bond acceptors (Lipinski definition) is 3. The average Bonchev–Trinajstić information content (AvgIpc) is 2.67. The maximum absolute atomic E-state index is 4.83. The summed E-state index contributed by atoms with van der Waals surface area (Å²) in [7, 11) is 0. The van der Waals surface area contributed by atoms with Crippen LogP contribution in [0.25, 0.3) is 0 Å². The number of hydrogen-bond donors (Lipinski definition) is 2. The van der Waals surface area contributed by atoms with Crippen molar-refractivity contribution in [3.8, 4) is 0 Å². The van der Waals surface area contributed by atoms with E-state index in [-0.39, 0.29) is 6.04 Å². The van der Waals surface area contributed by atoms with Gasteiger partial charge < -0.3 is 20.4 Å². The molecule has 0 aliphatic carbocycles. The topological polar surface area (TPSA) is 42.9 Å². The summed E-state index contributed by atoms with van der Waals surface area (Å²) >= 11 is 0. The molecule has 26 heavy (non-hydrogen) atoms. The van der Waals surface area contributed by atoms with Crippen molar-refractivity contribution in [1.82, 2.24) is 20.4 Å². The quantitative estimate of drug-likeness (QED) is 0.553. The zero-order valence-corrected chi connectivity index (χ0v) is 17.0. The van der Waals surface area contributed by atoms with E-state index < -0.39 is 0 Å². The van der Waals surface area contributed by atoms with Crippen molar-refractivity contribution in [2.75, 3.05) is 52.4 Å². The summed E-state index contributed by atoms with van der Waals surface area (Å²) in [6.45, 7) is 17.6. The molecule has 1 aliphatic heterocycles. The molecule has 1 aromatic carbocycles. The second-order valence-corrected chi connectivity index (χ2v) is 7.34. The summed E-state index contributed by atoms with van der Waals surface area (Å²) in [4.78, 5) is 9.94. The van der Waals surface area contributed by atoms with Gasteiger partial charge in [0, 0.05) is 45.8 Å². The van der Waals surface area contributed by atoms with Gasteiger partial charge in [-0.15, -0.1) is 0 Å². The zero-order chi connectivity index (χ0) is 18.8. The summed E-state index contributed by atoms with van der Waals surface area (Å²) in [5.74, 6) is 1.47. The highest BCUT2D eigenvalue weighted by Gasteiger charge is 2.17. The van der Waals surface area contributed by atoms with Crippen molar-refractivity contribution < 1.29 is 0 Å². The first-order chi connectivity index (χ1) is 12.6. The van der Waals surface area contributed by atoms with Crippen LogP contribution in [0.15, 0.2) is 35.3 Å². The summed E-state index contributed by atoms with van der Waals surface area (Å²) in [6.07, 6.45) is 0.